The van der Waals surface area contributed by atoms with Crippen LogP contribution in [0.4, 0.5) is 11.4 Å². The minimum Gasteiger partial charge on any atom is -0.369 e. The summed E-state index contributed by atoms with van der Waals surface area (Å²) in [7, 11) is 0. The lowest BCUT2D eigenvalue weighted by molar-refractivity contribution is 0.102. The molecule has 1 amide bonds. The standard InChI is InChI=1S/C18H21IN2O/c1-4-21(13(2)3)15-11-9-14(10-12-15)20-18(22)16-7-5-6-8-17(16)19/h5-13H,4H2,1-3H3,(H,20,22). The molecule has 0 fully saturated rings. The van der Waals surface area contributed by atoms with Crippen molar-refractivity contribution in [2.24, 2.45) is 0 Å². The molecule has 0 saturated heterocycles. The van der Waals surface area contributed by atoms with Gasteiger partial charge in [-0.2, -0.15) is 0 Å². The van der Waals surface area contributed by atoms with E-state index in [1.807, 2.05) is 36.4 Å². The van der Waals surface area contributed by atoms with Crippen molar-refractivity contribution in [1.82, 2.24) is 0 Å². The molecule has 0 saturated carbocycles. The van der Waals surface area contributed by atoms with Crippen LogP contribution < -0.4 is 10.2 Å². The summed E-state index contributed by atoms with van der Waals surface area (Å²) in [6.45, 7) is 7.46. The first-order valence-electron chi connectivity index (χ1n) is 7.45. The Morgan fingerprint density at radius 3 is 2.32 bits per heavy atom. The highest BCUT2D eigenvalue weighted by Gasteiger charge is 2.11. The maximum absolute atomic E-state index is 12.3. The van der Waals surface area contributed by atoms with E-state index in [1.54, 1.807) is 0 Å². The molecule has 116 valence electrons. The van der Waals surface area contributed by atoms with E-state index in [0.29, 0.717) is 11.6 Å². The third-order valence-corrected chi connectivity index (χ3v) is 4.48. The summed E-state index contributed by atoms with van der Waals surface area (Å²) in [4.78, 5) is 14.6. The molecular formula is C18H21IN2O. The Morgan fingerprint density at radius 2 is 1.77 bits per heavy atom. The molecule has 0 unspecified atom stereocenters. The number of nitrogens with zero attached hydrogens (tertiary/aromatic N) is 1. The third kappa shape index (κ3) is 4.00. The van der Waals surface area contributed by atoms with Crippen LogP contribution in [0.3, 0.4) is 0 Å². The van der Waals surface area contributed by atoms with E-state index < -0.39 is 0 Å². The summed E-state index contributed by atoms with van der Waals surface area (Å²) >= 11 is 2.18. The molecule has 0 aliphatic carbocycles. The monoisotopic (exact) mass is 408 g/mol. The smallest absolute Gasteiger partial charge is 0.256 e. The predicted octanol–water partition coefficient (Wildman–Crippen LogP) is 4.78. The van der Waals surface area contributed by atoms with E-state index >= 15 is 0 Å². The van der Waals surface area contributed by atoms with Crippen molar-refractivity contribution < 1.29 is 4.79 Å². The number of anilines is 2. The Hall–Kier alpha value is -1.56. The summed E-state index contributed by atoms with van der Waals surface area (Å²) in [6, 6.07) is 16.0. The van der Waals surface area contributed by atoms with Gasteiger partial charge in [0.2, 0.25) is 0 Å². The zero-order chi connectivity index (χ0) is 16.1. The number of hydrogen-bond acceptors (Lipinski definition) is 2. The van der Waals surface area contributed by atoms with E-state index in [9.17, 15) is 4.79 Å². The van der Waals surface area contributed by atoms with Crippen LogP contribution in [0, 0.1) is 3.57 Å². The van der Waals surface area contributed by atoms with Crippen LogP contribution in [-0.2, 0) is 0 Å². The molecule has 0 aliphatic heterocycles. The van der Waals surface area contributed by atoms with E-state index in [0.717, 1.165) is 15.8 Å². The molecule has 0 aliphatic rings. The first-order valence-corrected chi connectivity index (χ1v) is 8.53. The highest BCUT2D eigenvalue weighted by atomic mass is 127. The van der Waals surface area contributed by atoms with Crippen LogP contribution in [0.2, 0.25) is 0 Å². The van der Waals surface area contributed by atoms with Crippen LogP contribution in [0.1, 0.15) is 31.1 Å². The summed E-state index contributed by atoms with van der Waals surface area (Å²) in [5.74, 6) is -0.0750. The van der Waals surface area contributed by atoms with E-state index in [4.69, 9.17) is 0 Å². The number of hydrogen-bond donors (Lipinski definition) is 1. The van der Waals surface area contributed by atoms with Gasteiger partial charge in [-0.05, 0) is 79.8 Å². The molecule has 0 bridgehead atoms. The summed E-state index contributed by atoms with van der Waals surface area (Å²) < 4.78 is 0.950. The van der Waals surface area contributed by atoms with E-state index in [1.165, 1.54) is 5.69 Å². The summed E-state index contributed by atoms with van der Waals surface area (Å²) in [5.41, 5.74) is 2.68. The second kappa shape index (κ2) is 7.63. The molecule has 2 aromatic carbocycles. The molecule has 4 heteroatoms. The molecule has 2 rings (SSSR count). The number of carbonyl (C=O) groups excluding carboxylic acids is 1. The number of halogens is 1. The average molecular weight is 408 g/mol. The first-order chi connectivity index (χ1) is 10.5. The number of nitrogens with one attached hydrogen (secondary N) is 1. The molecule has 0 radical (unpaired) electrons. The largest absolute Gasteiger partial charge is 0.369 e. The maximum Gasteiger partial charge on any atom is 0.256 e. The van der Waals surface area contributed by atoms with Gasteiger partial charge in [-0.1, -0.05) is 12.1 Å². The average Bonchev–Trinajstić information content (AvgIpc) is 2.49. The Bertz CT molecular complexity index is 638. The zero-order valence-electron chi connectivity index (χ0n) is 13.1. The second-order valence-corrected chi connectivity index (χ2v) is 6.52. The van der Waals surface area contributed by atoms with Gasteiger partial charge in [0.25, 0.3) is 5.91 Å². The molecule has 1 N–H and O–H groups in total. The highest BCUT2D eigenvalue weighted by Crippen LogP contribution is 2.21. The molecule has 0 aromatic heterocycles. The number of benzene rings is 2. The Labute approximate surface area is 145 Å². The van der Waals surface area contributed by atoms with Gasteiger partial charge >= 0.3 is 0 Å². The van der Waals surface area contributed by atoms with Crippen molar-refractivity contribution in [3.05, 3.63) is 57.7 Å². The fourth-order valence-electron chi connectivity index (χ4n) is 2.43. The lowest BCUT2D eigenvalue weighted by Gasteiger charge is -2.27. The minimum atomic E-state index is -0.0750. The predicted molar refractivity (Wildman–Crippen MR) is 102 cm³/mol. The number of amides is 1. The van der Waals surface area contributed by atoms with Gasteiger partial charge in [-0.25, -0.2) is 0 Å². The van der Waals surface area contributed by atoms with E-state index in [-0.39, 0.29) is 5.91 Å². The maximum atomic E-state index is 12.3. The Kier molecular flexibility index (Phi) is 5.83. The summed E-state index contributed by atoms with van der Waals surface area (Å²) in [6.07, 6.45) is 0. The normalized spacial score (nSPS) is 10.6. The molecule has 22 heavy (non-hydrogen) atoms. The molecule has 0 spiro atoms. The quantitative estimate of drug-likeness (QED) is 0.723. The van der Waals surface area contributed by atoms with Gasteiger partial charge in [0.15, 0.2) is 0 Å². The van der Waals surface area contributed by atoms with Crippen molar-refractivity contribution in [2.75, 3.05) is 16.8 Å². The highest BCUT2D eigenvalue weighted by molar-refractivity contribution is 14.1. The zero-order valence-corrected chi connectivity index (χ0v) is 15.3. The van der Waals surface area contributed by atoms with Crippen molar-refractivity contribution in [3.8, 4) is 0 Å². The van der Waals surface area contributed by atoms with Crippen LogP contribution in [0.25, 0.3) is 0 Å². The molecule has 0 atom stereocenters. The van der Waals surface area contributed by atoms with Crippen molar-refractivity contribution in [2.45, 2.75) is 26.8 Å². The van der Waals surface area contributed by atoms with Crippen molar-refractivity contribution in [1.29, 1.82) is 0 Å². The Morgan fingerprint density at radius 1 is 1.14 bits per heavy atom. The van der Waals surface area contributed by atoms with Gasteiger partial charge in [-0.15, -0.1) is 0 Å². The molecule has 2 aromatic rings. The summed E-state index contributed by atoms with van der Waals surface area (Å²) in [5, 5.41) is 2.95. The first kappa shape index (κ1) is 16.8. The topological polar surface area (TPSA) is 32.3 Å². The van der Waals surface area contributed by atoms with Gasteiger partial charge in [0.05, 0.1) is 5.56 Å². The van der Waals surface area contributed by atoms with Gasteiger partial charge in [0.1, 0.15) is 0 Å². The minimum absolute atomic E-state index is 0.0750. The molecular weight excluding hydrogens is 387 g/mol. The number of carbonyl (C=O) groups is 1. The third-order valence-electron chi connectivity index (χ3n) is 3.54. The lowest BCUT2D eigenvalue weighted by Crippen LogP contribution is -2.30. The van der Waals surface area contributed by atoms with Gasteiger partial charge in [-0.3, -0.25) is 4.79 Å². The van der Waals surface area contributed by atoms with Crippen LogP contribution in [0.15, 0.2) is 48.5 Å². The molecule has 3 nitrogen and oxygen atoms in total. The SMILES string of the molecule is CCN(c1ccc(NC(=O)c2ccccc2I)cc1)C(C)C. The lowest BCUT2D eigenvalue weighted by atomic mass is 10.2. The number of rotatable bonds is 5. The van der Waals surface area contributed by atoms with Gasteiger partial charge in [0, 0.05) is 27.5 Å². The van der Waals surface area contributed by atoms with Gasteiger partial charge < -0.3 is 10.2 Å². The van der Waals surface area contributed by atoms with Crippen LogP contribution in [-0.4, -0.2) is 18.5 Å². The van der Waals surface area contributed by atoms with E-state index in [2.05, 4.69) is 65.7 Å². The second-order valence-electron chi connectivity index (χ2n) is 5.36. The molecule has 0 heterocycles. The van der Waals surface area contributed by atoms with Crippen molar-refractivity contribution >= 4 is 39.9 Å². The fourth-order valence-corrected chi connectivity index (χ4v) is 3.06. The van der Waals surface area contributed by atoms with Crippen molar-refractivity contribution in [3.63, 3.8) is 0 Å². The Balaban J connectivity index is 2.12. The van der Waals surface area contributed by atoms with Crippen LogP contribution >= 0.6 is 22.6 Å². The van der Waals surface area contributed by atoms with Crippen LogP contribution in [0.5, 0.6) is 0 Å². The fraction of sp³-hybridized carbons (Fsp3) is 0.278.